The number of hydrogen-bond acceptors (Lipinski definition) is 6. The lowest BCUT2D eigenvalue weighted by molar-refractivity contribution is -0.152. The molecule has 0 aromatic heterocycles. The number of azide groups is 1. The summed E-state index contributed by atoms with van der Waals surface area (Å²) in [5, 5.41) is 3.48. The van der Waals surface area contributed by atoms with Crippen molar-refractivity contribution in [1.82, 2.24) is 4.72 Å². The highest BCUT2D eigenvalue weighted by Crippen LogP contribution is 2.27. The Morgan fingerprint density at radius 2 is 1.79 bits per heavy atom. The molecular weight excluding hydrogens is 456 g/mol. The molecule has 0 bridgehead atoms. The van der Waals surface area contributed by atoms with Gasteiger partial charge < -0.3 is 9.47 Å². The Morgan fingerprint density at radius 1 is 1.09 bits per heavy atom. The van der Waals surface area contributed by atoms with Crippen LogP contribution in [0.3, 0.4) is 0 Å². The molecule has 9 nitrogen and oxygen atoms in total. The summed E-state index contributed by atoms with van der Waals surface area (Å²) in [7, 11) is -3.73. The fourth-order valence-electron chi connectivity index (χ4n) is 3.19. The van der Waals surface area contributed by atoms with Crippen LogP contribution in [0.5, 0.6) is 5.75 Å². The molecule has 0 aliphatic rings. The van der Waals surface area contributed by atoms with Gasteiger partial charge in [-0.25, -0.2) is 13.2 Å². The van der Waals surface area contributed by atoms with Crippen LogP contribution in [0.15, 0.2) is 59.7 Å². The number of nitrogens with one attached hydrogen (secondary N) is 1. The number of benzene rings is 2. The predicted octanol–water partition coefficient (Wildman–Crippen LogP) is 4.83. The molecule has 0 amide bonds. The molecule has 0 heterocycles. The van der Waals surface area contributed by atoms with E-state index in [1.807, 2.05) is 37.3 Å². The Kier molecular flexibility index (Phi) is 10.9. The third-order valence-corrected chi connectivity index (χ3v) is 6.71. The van der Waals surface area contributed by atoms with Gasteiger partial charge in [-0.3, -0.25) is 0 Å². The maximum absolute atomic E-state index is 13.2. The van der Waals surface area contributed by atoms with E-state index in [1.165, 1.54) is 6.92 Å². The molecule has 0 aliphatic heterocycles. The summed E-state index contributed by atoms with van der Waals surface area (Å²) in [5.74, 6) is -0.188. The topological polar surface area (TPSA) is 130 Å². The van der Waals surface area contributed by atoms with Crippen LogP contribution in [-0.2, 0) is 31.7 Å². The smallest absolute Gasteiger partial charge is 0.332 e. The summed E-state index contributed by atoms with van der Waals surface area (Å²) in [6.07, 6.45) is 2.64. The van der Waals surface area contributed by atoms with Crippen LogP contribution in [0.1, 0.15) is 50.7 Å². The Morgan fingerprint density at radius 3 is 2.44 bits per heavy atom. The first-order chi connectivity index (χ1) is 16.3. The molecule has 0 aliphatic carbocycles. The largest absolute Gasteiger partial charge is 0.494 e. The van der Waals surface area contributed by atoms with Crippen LogP contribution in [0, 0.1) is 0 Å². The van der Waals surface area contributed by atoms with Crippen LogP contribution in [0.4, 0.5) is 0 Å². The molecular formula is C24H32N4O5S. The second-order valence-electron chi connectivity index (χ2n) is 8.00. The molecule has 0 spiro atoms. The molecule has 0 radical (unpaired) electrons. The summed E-state index contributed by atoms with van der Waals surface area (Å²) < 4.78 is 39.2. The first-order valence-corrected chi connectivity index (χ1v) is 12.9. The molecule has 2 rings (SSSR count). The second kappa shape index (κ2) is 13.6. The van der Waals surface area contributed by atoms with Crippen molar-refractivity contribution in [1.29, 1.82) is 0 Å². The molecule has 1 atom stereocenters. The van der Waals surface area contributed by atoms with Crippen molar-refractivity contribution >= 4 is 16.0 Å². The third kappa shape index (κ3) is 8.70. The highest BCUT2D eigenvalue weighted by atomic mass is 32.2. The Bertz CT molecular complexity index is 1050. The van der Waals surface area contributed by atoms with E-state index in [1.54, 1.807) is 24.3 Å². The molecule has 34 heavy (non-hydrogen) atoms. The number of nitrogens with zero attached hydrogens (tertiary/aromatic N) is 3. The van der Waals surface area contributed by atoms with Gasteiger partial charge in [0.25, 0.3) is 0 Å². The normalized spacial score (nSPS) is 12.9. The number of carbonyl (C=O) groups is 1. The molecule has 1 N–H and O–H groups in total. The number of unbranched alkanes of at least 4 members (excludes halogenated alkanes) is 2. The van der Waals surface area contributed by atoms with E-state index < -0.39 is 21.5 Å². The van der Waals surface area contributed by atoms with Crippen molar-refractivity contribution in [2.45, 2.75) is 51.7 Å². The standard InChI is InChI=1S/C24H32N4O5S/c1-3-4-18-34(30,31)27-24(2,23(29)33-19-20-10-6-5-7-11-20)21-12-14-22(15-13-21)32-17-9-8-16-26-28-25/h5-7,10-15,27H,3-4,8-9,16-19H2,1-2H3. The van der Waals surface area contributed by atoms with Crippen LogP contribution < -0.4 is 9.46 Å². The van der Waals surface area contributed by atoms with Crippen molar-refractivity contribution in [2.24, 2.45) is 5.11 Å². The Hall–Kier alpha value is -3.07. The molecule has 2 aromatic carbocycles. The number of rotatable bonds is 15. The molecule has 2 aromatic rings. The van der Waals surface area contributed by atoms with Gasteiger partial charge in [0.1, 0.15) is 12.4 Å². The predicted molar refractivity (Wildman–Crippen MR) is 131 cm³/mol. The number of sulfonamides is 1. The molecule has 0 fully saturated rings. The maximum atomic E-state index is 13.2. The van der Waals surface area contributed by atoms with Gasteiger partial charge >= 0.3 is 5.97 Å². The van der Waals surface area contributed by atoms with E-state index in [-0.39, 0.29) is 12.4 Å². The van der Waals surface area contributed by atoms with Gasteiger partial charge in [0.05, 0.1) is 12.4 Å². The van der Waals surface area contributed by atoms with Crippen LogP contribution in [0.2, 0.25) is 0 Å². The lowest BCUT2D eigenvalue weighted by Crippen LogP contribution is -2.51. The van der Waals surface area contributed by atoms with Gasteiger partial charge in [0, 0.05) is 11.5 Å². The summed E-state index contributed by atoms with van der Waals surface area (Å²) in [5.41, 5.74) is 7.93. The van der Waals surface area contributed by atoms with E-state index >= 15 is 0 Å². The van der Waals surface area contributed by atoms with E-state index in [2.05, 4.69) is 14.7 Å². The van der Waals surface area contributed by atoms with Crippen LogP contribution in [-0.4, -0.2) is 33.3 Å². The minimum Gasteiger partial charge on any atom is -0.494 e. The lowest BCUT2D eigenvalue weighted by atomic mass is 9.93. The molecule has 1 unspecified atom stereocenters. The van der Waals surface area contributed by atoms with Gasteiger partial charge in [-0.1, -0.05) is 60.9 Å². The van der Waals surface area contributed by atoms with Crippen molar-refractivity contribution in [3.63, 3.8) is 0 Å². The third-order valence-electron chi connectivity index (χ3n) is 5.16. The number of carbonyl (C=O) groups excluding carboxylic acids is 1. The first-order valence-electron chi connectivity index (χ1n) is 11.3. The molecule has 10 heteroatoms. The molecule has 184 valence electrons. The molecule has 0 saturated carbocycles. The van der Waals surface area contributed by atoms with Gasteiger partial charge in [0.2, 0.25) is 10.0 Å². The number of esters is 1. The Labute approximate surface area is 201 Å². The van der Waals surface area contributed by atoms with Crippen molar-refractivity contribution < 1.29 is 22.7 Å². The van der Waals surface area contributed by atoms with Gasteiger partial charge in [0.15, 0.2) is 5.54 Å². The van der Waals surface area contributed by atoms with E-state index in [4.69, 9.17) is 15.0 Å². The SMILES string of the molecule is CCCCS(=O)(=O)NC(C)(C(=O)OCc1ccccc1)c1ccc(OCCCCN=[N+]=[N-])cc1. The molecule has 0 saturated heterocycles. The van der Waals surface area contributed by atoms with Gasteiger partial charge in [-0.15, -0.1) is 0 Å². The average Bonchev–Trinajstić information content (AvgIpc) is 2.84. The summed E-state index contributed by atoms with van der Waals surface area (Å²) >= 11 is 0. The summed E-state index contributed by atoms with van der Waals surface area (Å²) in [4.78, 5) is 15.9. The monoisotopic (exact) mass is 488 g/mol. The first kappa shape index (κ1) is 27.2. The zero-order valence-corrected chi connectivity index (χ0v) is 20.5. The van der Waals surface area contributed by atoms with E-state index in [9.17, 15) is 13.2 Å². The summed E-state index contributed by atoms with van der Waals surface area (Å²) in [6.45, 7) is 4.30. The number of ether oxygens (including phenoxy) is 2. The summed E-state index contributed by atoms with van der Waals surface area (Å²) in [6, 6.07) is 15.9. The fraction of sp³-hybridized carbons (Fsp3) is 0.458. The van der Waals surface area contributed by atoms with Crippen LogP contribution >= 0.6 is 0 Å². The lowest BCUT2D eigenvalue weighted by Gasteiger charge is -2.29. The second-order valence-corrected chi connectivity index (χ2v) is 9.84. The zero-order valence-electron chi connectivity index (χ0n) is 19.6. The van der Waals surface area contributed by atoms with E-state index in [0.29, 0.717) is 43.7 Å². The van der Waals surface area contributed by atoms with Crippen molar-refractivity contribution in [3.05, 3.63) is 76.2 Å². The van der Waals surface area contributed by atoms with Gasteiger partial charge in [-0.05, 0) is 55.0 Å². The fourth-order valence-corrected chi connectivity index (χ4v) is 4.78. The zero-order chi connectivity index (χ0) is 24.9. The van der Waals surface area contributed by atoms with Gasteiger partial charge in [-0.2, -0.15) is 4.72 Å². The average molecular weight is 489 g/mol. The maximum Gasteiger partial charge on any atom is 0.332 e. The Balaban J connectivity index is 2.15. The van der Waals surface area contributed by atoms with Crippen LogP contribution in [0.25, 0.3) is 10.4 Å². The minimum absolute atomic E-state index is 0.0307. The highest BCUT2D eigenvalue weighted by molar-refractivity contribution is 7.89. The quantitative estimate of drug-likeness (QED) is 0.126. The van der Waals surface area contributed by atoms with Crippen molar-refractivity contribution in [3.8, 4) is 5.75 Å². The van der Waals surface area contributed by atoms with Crippen molar-refractivity contribution in [2.75, 3.05) is 18.9 Å². The number of hydrogen-bond donors (Lipinski definition) is 1. The van der Waals surface area contributed by atoms with E-state index in [0.717, 1.165) is 12.0 Å². The highest BCUT2D eigenvalue weighted by Gasteiger charge is 2.40. The minimum atomic E-state index is -3.73.